The summed E-state index contributed by atoms with van der Waals surface area (Å²) in [6.45, 7) is 1.43. The lowest BCUT2D eigenvalue weighted by Crippen LogP contribution is -2.38. The lowest BCUT2D eigenvalue weighted by Gasteiger charge is -2.28. The molecule has 0 radical (unpaired) electrons. The van der Waals surface area contributed by atoms with Gasteiger partial charge < -0.3 is 5.11 Å². The van der Waals surface area contributed by atoms with Crippen LogP contribution in [0.25, 0.3) is 0 Å². The summed E-state index contributed by atoms with van der Waals surface area (Å²) < 4.78 is 0. The van der Waals surface area contributed by atoms with Crippen LogP contribution in [0.2, 0.25) is 5.15 Å². The first-order chi connectivity index (χ1) is 8.07. The van der Waals surface area contributed by atoms with E-state index in [1.165, 1.54) is 0 Å². The predicted octanol–water partition coefficient (Wildman–Crippen LogP) is 2.47. The second kappa shape index (κ2) is 5.34. The van der Waals surface area contributed by atoms with Crippen molar-refractivity contribution >= 4 is 11.6 Å². The molecule has 1 heterocycles. The second-order valence-corrected chi connectivity index (χ2v) is 5.44. The van der Waals surface area contributed by atoms with Crippen LogP contribution in [0.1, 0.15) is 31.4 Å². The highest BCUT2D eigenvalue weighted by atomic mass is 35.5. The molecule has 0 aromatic carbocycles. The zero-order valence-corrected chi connectivity index (χ0v) is 11.0. The van der Waals surface area contributed by atoms with E-state index in [2.05, 4.69) is 9.88 Å². The van der Waals surface area contributed by atoms with Gasteiger partial charge in [-0.15, -0.1) is 0 Å². The van der Waals surface area contributed by atoms with Crippen molar-refractivity contribution in [2.45, 2.75) is 37.8 Å². The minimum atomic E-state index is -0.493. The summed E-state index contributed by atoms with van der Waals surface area (Å²) in [5.74, 6) is 0. The maximum absolute atomic E-state index is 10.3. The van der Waals surface area contributed by atoms with Gasteiger partial charge in [0.15, 0.2) is 0 Å². The number of rotatable bonds is 4. The molecule has 0 spiro atoms. The molecule has 17 heavy (non-hydrogen) atoms. The number of halogens is 1. The van der Waals surface area contributed by atoms with Crippen LogP contribution < -0.4 is 0 Å². The SMILES string of the molecule is CN(Cc1cccc(Cl)n1)CC1(O)CCCC1. The fraction of sp³-hybridized carbons (Fsp3) is 0.615. The Bertz CT molecular complexity index is 377. The number of hydrogen-bond acceptors (Lipinski definition) is 3. The lowest BCUT2D eigenvalue weighted by molar-refractivity contribution is 0.0143. The Morgan fingerprint density at radius 2 is 2.12 bits per heavy atom. The molecule has 1 aliphatic carbocycles. The molecule has 0 unspecified atom stereocenters. The Balaban J connectivity index is 1.90. The Morgan fingerprint density at radius 3 is 2.76 bits per heavy atom. The van der Waals surface area contributed by atoms with Gasteiger partial charge in [0.05, 0.1) is 11.3 Å². The van der Waals surface area contributed by atoms with Crippen LogP contribution in [0.4, 0.5) is 0 Å². The van der Waals surface area contributed by atoms with E-state index in [0.717, 1.165) is 37.9 Å². The van der Waals surface area contributed by atoms with Crippen molar-refractivity contribution in [2.24, 2.45) is 0 Å². The smallest absolute Gasteiger partial charge is 0.129 e. The Kier molecular flexibility index (Phi) is 4.02. The van der Waals surface area contributed by atoms with Gasteiger partial charge in [-0.1, -0.05) is 30.5 Å². The van der Waals surface area contributed by atoms with E-state index in [4.69, 9.17) is 11.6 Å². The van der Waals surface area contributed by atoms with Crippen molar-refractivity contribution in [1.29, 1.82) is 0 Å². The van der Waals surface area contributed by atoms with E-state index >= 15 is 0 Å². The molecule has 1 saturated carbocycles. The molecule has 94 valence electrons. The molecule has 2 rings (SSSR count). The van der Waals surface area contributed by atoms with E-state index in [-0.39, 0.29) is 0 Å². The summed E-state index contributed by atoms with van der Waals surface area (Å²) in [4.78, 5) is 6.37. The number of aliphatic hydroxyl groups is 1. The zero-order valence-electron chi connectivity index (χ0n) is 10.2. The highest BCUT2D eigenvalue weighted by molar-refractivity contribution is 6.29. The van der Waals surface area contributed by atoms with Crippen LogP contribution in [-0.2, 0) is 6.54 Å². The van der Waals surface area contributed by atoms with E-state index in [9.17, 15) is 5.11 Å². The van der Waals surface area contributed by atoms with Gasteiger partial charge in [0, 0.05) is 13.1 Å². The van der Waals surface area contributed by atoms with Crippen molar-refractivity contribution in [2.75, 3.05) is 13.6 Å². The summed E-state index contributed by atoms with van der Waals surface area (Å²) >= 11 is 5.85. The minimum absolute atomic E-state index is 0.493. The summed E-state index contributed by atoms with van der Waals surface area (Å²) in [6.07, 6.45) is 4.11. The van der Waals surface area contributed by atoms with E-state index in [1.54, 1.807) is 6.07 Å². The molecule has 0 aliphatic heterocycles. The molecule has 0 amide bonds. The van der Waals surface area contributed by atoms with Crippen molar-refractivity contribution in [3.05, 3.63) is 29.0 Å². The molecule has 0 atom stereocenters. The number of pyridine rings is 1. The largest absolute Gasteiger partial charge is 0.389 e. The molecule has 1 fully saturated rings. The molecule has 0 saturated heterocycles. The van der Waals surface area contributed by atoms with Crippen molar-refractivity contribution in [3.63, 3.8) is 0 Å². The van der Waals surface area contributed by atoms with Crippen LogP contribution in [0.3, 0.4) is 0 Å². The first-order valence-corrected chi connectivity index (χ1v) is 6.48. The summed E-state index contributed by atoms with van der Waals surface area (Å²) in [7, 11) is 2.01. The fourth-order valence-electron chi connectivity index (χ4n) is 2.56. The monoisotopic (exact) mass is 254 g/mol. The Hall–Kier alpha value is -0.640. The van der Waals surface area contributed by atoms with Crippen LogP contribution in [-0.4, -0.2) is 34.2 Å². The molecule has 1 aliphatic rings. The van der Waals surface area contributed by atoms with Crippen molar-refractivity contribution in [1.82, 2.24) is 9.88 Å². The van der Waals surface area contributed by atoms with Gasteiger partial charge in [0.25, 0.3) is 0 Å². The van der Waals surface area contributed by atoms with Gasteiger partial charge in [0.2, 0.25) is 0 Å². The van der Waals surface area contributed by atoms with Crippen LogP contribution in [0.15, 0.2) is 18.2 Å². The van der Waals surface area contributed by atoms with Gasteiger partial charge in [-0.3, -0.25) is 4.90 Å². The molecule has 4 heteroatoms. The molecule has 3 nitrogen and oxygen atoms in total. The molecule has 1 N–H and O–H groups in total. The highest BCUT2D eigenvalue weighted by Crippen LogP contribution is 2.30. The van der Waals surface area contributed by atoms with Gasteiger partial charge in [-0.05, 0) is 32.0 Å². The fourth-order valence-corrected chi connectivity index (χ4v) is 2.75. The molecular formula is C13H19ClN2O. The number of nitrogens with zero attached hydrogens (tertiary/aromatic N) is 2. The van der Waals surface area contributed by atoms with E-state index < -0.39 is 5.60 Å². The second-order valence-electron chi connectivity index (χ2n) is 5.06. The normalized spacial score (nSPS) is 18.8. The maximum atomic E-state index is 10.3. The van der Waals surface area contributed by atoms with Gasteiger partial charge in [-0.2, -0.15) is 0 Å². The summed E-state index contributed by atoms with van der Waals surface area (Å²) in [6, 6.07) is 5.64. The number of aromatic nitrogens is 1. The van der Waals surface area contributed by atoms with Crippen LogP contribution in [0, 0.1) is 0 Å². The molecule has 1 aromatic rings. The Labute approximate surface area is 107 Å². The van der Waals surface area contributed by atoms with E-state index in [1.807, 2.05) is 19.2 Å². The Morgan fingerprint density at radius 1 is 1.41 bits per heavy atom. The third-order valence-corrected chi connectivity index (χ3v) is 3.51. The average Bonchev–Trinajstić information content (AvgIpc) is 2.64. The van der Waals surface area contributed by atoms with Crippen LogP contribution >= 0.6 is 11.6 Å². The zero-order chi connectivity index (χ0) is 12.3. The standard InChI is InChI=1S/C13H19ClN2O/c1-16(10-13(17)7-2-3-8-13)9-11-5-4-6-12(14)15-11/h4-6,17H,2-3,7-10H2,1H3. The van der Waals surface area contributed by atoms with E-state index in [0.29, 0.717) is 11.7 Å². The summed E-state index contributed by atoms with van der Waals surface area (Å²) in [5, 5.41) is 10.8. The topological polar surface area (TPSA) is 36.4 Å². The van der Waals surface area contributed by atoms with Gasteiger partial charge in [-0.25, -0.2) is 4.98 Å². The molecular weight excluding hydrogens is 236 g/mol. The molecule has 0 bridgehead atoms. The van der Waals surface area contributed by atoms with Gasteiger partial charge in [0.1, 0.15) is 5.15 Å². The first kappa shape index (κ1) is 12.8. The number of likely N-dealkylation sites (N-methyl/N-ethyl adjacent to an activating group) is 1. The third-order valence-electron chi connectivity index (χ3n) is 3.30. The highest BCUT2D eigenvalue weighted by Gasteiger charge is 2.32. The summed E-state index contributed by atoms with van der Waals surface area (Å²) in [5.41, 5.74) is 0.453. The van der Waals surface area contributed by atoms with Crippen molar-refractivity contribution in [3.8, 4) is 0 Å². The quantitative estimate of drug-likeness (QED) is 0.839. The molecule has 1 aromatic heterocycles. The van der Waals surface area contributed by atoms with Crippen LogP contribution in [0.5, 0.6) is 0 Å². The van der Waals surface area contributed by atoms with Crippen molar-refractivity contribution < 1.29 is 5.11 Å². The lowest BCUT2D eigenvalue weighted by atomic mass is 10.0. The van der Waals surface area contributed by atoms with Gasteiger partial charge >= 0.3 is 0 Å². The number of hydrogen-bond donors (Lipinski definition) is 1. The first-order valence-electron chi connectivity index (χ1n) is 6.10. The third kappa shape index (κ3) is 3.66. The minimum Gasteiger partial charge on any atom is -0.389 e. The predicted molar refractivity (Wildman–Crippen MR) is 69.0 cm³/mol. The average molecular weight is 255 g/mol. The maximum Gasteiger partial charge on any atom is 0.129 e.